The summed E-state index contributed by atoms with van der Waals surface area (Å²) in [6.45, 7) is 6.09. The number of amides is 1. The van der Waals surface area contributed by atoms with Crippen LogP contribution in [0.5, 0.6) is 0 Å². The molecule has 1 unspecified atom stereocenters. The van der Waals surface area contributed by atoms with E-state index in [0.717, 1.165) is 6.54 Å². The maximum Gasteiger partial charge on any atom is 0.253 e. The smallest absolute Gasteiger partial charge is 0.253 e. The van der Waals surface area contributed by atoms with Crippen molar-refractivity contribution in [3.8, 4) is 0 Å². The Kier molecular flexibility index (Phi) is 3.69. The fraction of sp³-hybridized carbons (Fsp3) is 0.889. The Morgan fingerprint density at radius 1 is 1.62 bits per heavy atom. The number of nitrogens with one attached hydrogen (secondary N) is 1. The maximum atomic E-state index is 11.7. The molecule has 0 aromatic heterocycles. The van der Waals surface area contributed by atoms with E-state index in [2.05, 4.69) is 5.32 Å². The molecule has 1 rings (SSSR count). The molecule has 0 aliphatic carbocycles. The third kappa shape index (κ3) is 2.67. The molecule has 1 aliphatic rings. The van der Waals surface area contributed by atoms with Gasteiger partial charge in [0.15, 0.2) is 0 Å². The zero-order valence-electron chi connectivity index (χ0n) is 8.54. The number of morpholine rings is 1. The van der Waals surface area contributed by atoms with Crippen molar-refractivity contribution in [2.45, 2.75) is 26.0 Å². The predicted molar refractivity (Wildman–Crippen MR) is 50.5 cm³/mol. The molecule has 0 aromatic rings. The number of rotatable bonds is 2. The first-order chi connectivity index (χ1) is 6.13. The average Bonchev–Trinajstić information content (AvgIpc) is 2.17. The summed E-state index contributed by atoms with van der Waals surface area (Å²) in [5.74, 6) is 0.0715. The van der Waals surface area contributed by atoms with Gasteiger partial charge in [-0.3, -0.25) is 4.79 Å². The zero-order valence-corrected chi connectivity index (χ0v) is 8.54. The fourth-order valence-corrected chi connectivity index (χ4v) is 1.21. The predicted octanol–water partition coefficient (Wildman–Crippen LogP) is -0.158. The highest BCUT2D eigenvalue weighted by Gasteiger charge is 2.25. The van der Waals surface area contributed by atoms with Crippen molar-refractivity contribution in [2.24, 2.45) is 0 Å². The van der Waals surface area contributed by atoms with Crippen molar-refractivity contribution < 1.29 is 9.53 Å². The van der Waals surface area contributed by atoms with E-state index in [-0.39, 0.29) is 18.1 Å². The van der Waals surface area contributed by atoms with E-state index in [4.69, 9.17) is 4.74 Å². The molecule has 0 saturated carbocycles. The van der Waals surface area contributed by atoms with Gasteiger partial charge in [-0.15, -0.1) is 0 Å². The van der Waals surface area contributed by atoms with Crippen LogP contribution in [-0.4, -0.2) is 49.7 Å². The van der Waals surface area contributed by atoms with Crippen molar-refractivity contribution in [1.82, 2.24) is 10.2 Å². The van der Waals surface area contributed by atoms with Crippen LogP contribution in [0, 0.1) is 0 Å². The number of carbonyl (C=O) groups is 1. The number of hydrogen-bond donors (Lipinski definition) is 1. The van der Waals surface area contributed by atoms with Gasteiger partial charge in [0.1, 0.15) is 6.10 Å². The minimum atomic E-state index is -0.291. The molecule has 13 heavy (non-hydrogen) atoms. The number of nitrogens with zero attached hydrogens (tertiary/aromatic N) is 1. The van der Waals surface area contributed by atoms with E-state index in [1.54, 1.807) is 4.90 Å². The molecule has 4 heteroatoms. The summed E-state index contributed by atoms with van der Waals surface area (Å²) in [5.41, 5.74) is 0. The van der Waals surface area contributed by atoms with Gasteiger partial charge in [0.2, 0.25) is 0 Å². The Bertz CT molecular complexity index is 176. The number of ether oxygens (including phenoxy) is 1. The van der Waals surface area contributed by atoms with E-state index < -0.39 is 0 Å². The van der Waals surface area contributed by atoms with E-state index >= 15 is 0 Å². The lowest BCUT2D eigenvalue weighted by molar-refractivity contribution is -0.145. The van der Waals surface area contributed by atoms with Gasteiger partial charge in [-0.1, -0.05) is 0 Å². The highest BCUT2D eigenvalue weighted by Crippen LogP contribution is 2.03. The number of carbonyl (C=O) groups excluding carboxylic acids is 1. The summed E-state index contributed by atoms with van der Waals surface area (Å²) in [7, 11) is 1.81. The second-order valence-electron chi connectivity index (χ2n) is 3.61. The maximum absolute atomic E-state index is 11.7. The lowest BCUT2D eigenvalue weighted by atomic mass is 10.2. The summed E-state index contributed by atoms with van der Waals surface area (Å²) >= 11 is 0. The van der Waals surface area contributed by atoms with Gasteiger partial charge >= 0.3 is 0 Å². The van der Waals surface area contributed by atoms with Gasteiger partial charge in [0, 0.05) is 26.2 Å². The molecular weight excluding hydrogens is 168 g/mol. The molecule has 1 N–H and O–H groups in total. The van der Waals surface area contributed by atoms with Crippen LogP contribution in [0.1, 0.15) is 13.8 Å². The molecule has 1 fully saturated rings. The standard InChI is InChI=1S/C9H18N2O2/c1-7(2)11(3)9(12)8-6-10-4-5-13-8/h7-8,10H,4-6H2,1-3H3. The Labute approximate surface area is 79.2 Å². The number of hydrogen-bond acceptors (Lipinski definition) is 3. The minimum Gasteiger partial charge on any atom is -0.366 e. The minimum absolute atomic E-state index is 0.0715. The molecule has 4 nitrogen and oxygen atoms in total. The quantitative estimate of drug-likeness (QED) is 0.651. The second kappa shape index (κ2) is 4.58. The molecule has 1 heterocycles. The summed E-state index contributed by atoms with van der Waals surface area (Å²) in [6.07, 6.45) is -0.291. The highest BCUT2D eigenvalue weighted by molar-refractivity contribution is 5.81. The monoisotopic (exact) mass is 186 g/mol. The first-order valence-corrected chi connectivity index (χ1v) is 4.72. The zero-order chi connectivity index (χ0) is 9.84. The lowest BCUT2D eigenvalue weighted by Crippen LogP contribution is -2.49. The van der Waals surface area contributed by atoms with Crippen molar-refractivity contribution in [3.63, 3.8) is 0 Å². The fourth-order valence-electron chi connectivity index (χ4n) is 1.21. The molecule has 0 aromatic carbocycles. The van der Waals surface area contributed by atoms with Gasteiger partial charge in [-0.05, 0) is 13.8 Å². The number of likely N-dealkylation sites (N-methyl/N-ethyl adjacent to an activating group) is 1. The molecule has 1 saturated heterocycles. The van der Waals surface area contributed by atoms with Crippen LogP contribution >= 0.6 is 0 Å². The summed E-state index contributed by atoms with van der Waals surface area (Å²) in [4.78, 5) is 13.4. The van der Waals surface area contributed by atoms with Gasteiger partial charge in [-0.2, -0.15) is 0 Å². The normalized spacial score (nSPS) is 23.2. The van der Waals surface area contributed by atoms with E-state index in [1.807, 2.05) is 20.9 Å². The highest BCUT2D eigenvalue weighted by atomic mass is 16.5. The molecule has 0 spiro atoms. The SMILES string of the molecule is CC(C)N(C)C(=O)C1CNCCO1. The van der Waals surface area contributed by atoms with E-state index in [0.29, 0.717) is 13.2 Å². The lowest BCUT2D eigenvalue weighted by Gasteiger charge is -2.29. The Hall–Kier alpha value is -0.610. The Balaban J connectivity index is 2.45. The van der Waals surface area contributed by atoms with Crippen molar-refractivity contribution in [3.05, 3.63) is 0 Å². The van der Waals surface area contributed by atoms with Crippen LogP contribution in [-0.2, 0) is 9.53 Å². The topological polar surface area (TPSA) is 41.6 Å². The van der Waals surface area contributed by atoms with Gasteiger partial charge in [0.25, 0.3) is 5.91 Å². The molecule has 76 valence electrons. The van der Waals surface area contributed by atoms with Crippen LogP contribution in [0.15, 0.2) is 0 Å². The molecule has 1 aliphatic heterocycles. The largest absolute Gasteiger partial charge is 0.366 e. The third-order valence-corrected chi connectivity index (χ3v) is 2.33. The molecule has 1 amide bonds. The van der Waals surface area contributed by atoms with Crippen LogP contribution in [0.3, 0.4) is 0 Å². The third-order valence-electron chi connectivity index (χ3n) is 2.33. The van der Waals surface area contributed by atoms with Crippen LogP contribution in [0.25, 0.3) is 0 Å². The molecule has 0 radical (unpaired) electrons. The van der Waals surface area contributed by atoms with E-state index in [9.17, 15) is 4.79 Å². The van der Waals surface area contributed by atoms with Gasteiger partial charge in [0.05, 0.1) is 6.61 Å². The van der Waals surface area contributed by atoms with E-state index in [1.165, 1.54) is 0 Å². The molecular formula is C9H18N2O2. The van der Waals surface area contributed by atoms with Crippen molar-refractivity contribution in [2.75, 3.05) is 26.7 Å². The summed E-state index contributed by atoms with van der Waals surface area (Å²) in [5, 5.41) is 3.14. The van der Waals surface area contributed by atoms with Crippen LogP contribution in [0.4, 0.5) is 0 Å². The van der Waals surface area contributed by atoms with Gasteiger partial charge < -0.3 is 15.0 Å². The first kappa shape index (κ1) is 10.5. The van der Waals surface area contributed by atoms with Crippen LogP contribution in [0.2, 0.25) is 0 Å². The Morgan fingerprint density at radius 3 is 2.77 bits per heavy atom. The Morgan fingerprint density at radius 2 is 2.31 bits per heavy atom. The summed E-state index contributed by atoms with van der Waals surface area (Å²) < 4.78 is 5.36. The first-order valence-electron chi connectivity index (χ1n) is 4.72. The van der Waals surface area contributed by atoms with Gasteiger partial charge in [-0.25, -0.2) is 0 Å². The summed E-state index contributed by atoms with van der Waals surface area (Å²) in [6, 6.07) is 0.234. The molecule has 1 atom stereocenters. The van der Waals surface area contributed by atoms with Crippen LogP contribution < -0.4 is 5.32 Å². The van der Waals surface area contributed by atoms with Crippen molar-refractivity contribution >= 4 is 5.91 Å². The van der Waals surface area contributed by atoms with Crippen molar-refractivity contribution in [1.29, 1.82) is 0 Å². The molecule has 0 bridgehead atoms. The second-order valence-corrected chi connectivity index (χ2v) is 3.61. The average molecular weight is 186 g/mol.